The Morgan fingerprint density at radius 2 is 1.95 bits per heavy atom. The summed E-state index contributed by atoms with van der Waals surface area (Å²) in [5.74, 6) is -0.388. The van der Waals surface area contributed by atoms with Gasteiger partial charge in [0, 0.05) is 22.9 Å². The monoisotopic (exact) mass is 334 g/mol. The van der Waals surface area contributed by atoms with E-state index in [1.54, 1.807) is 26.1 Å². The first-order chi connectivity index (χ1) is 9.40. The van der Waals surface area contributed by atoms with E-state index in [-0.39, 0.29) is 17.0 Å². The lowest BCUT2D eigenvalue weighted by Gasteiger charge is -2.11. The summed E-state index contributed by atoms with van der Waals surface area (Å²) in [6.45, 7) is 3.61. The fraction of sp³-hybridized carbons (Fsp3) is 0.200. The second-order valence-electron chi connectivity index (χ2n) is 4.67. The molecule has 0 aliphatic carbocycles. The molecule has 2 aromatic rings. The number of carbonyl (C=O) groups is 1. The Morgan fingerprint density at radius 1 is 1.25 bits per heavy atom. The van der Waals surface area contributed by atoms with Gasteiger partial charge >= 0.3 is 0 Å². The predicted molar refractivity (Wildman–Crippen MR) is 83.3 cm³/mol. The number of anilines is 1. The molecule has 5 heteroatoms. The fourth-order valence-electron chi connectivity index (χ4n) is 2.01. The minimum atomic E-state index is -0.388. The molecule has 0 bridgehead atoms. The van der Waals surface area contributed by atoms with Gasteiger partial charge in [-0.3, -0.25) is 9.59 Å². The molecule has 20 heavy (non-hydrogen) atoms. The maximum absolute atomic E-state index is 12.3. The summed E-state index contributed by atoms with van der Waals surface area (Å²) in [5, 5.41) is 2.75. The summed E-state index contributed by atoms with van der Waals surface area (Å²) >= 11 is 3.34. The smallest absolute Gasteiger partial charge is 0.263 e. The third-order valence-corrected chi connectivity index (χ3v) is 3.67. The van der Waals surface area contributed by atoms with E-state index in [0.29, 0.717) is 11.3 Å². The predicted octanol–water partition coefficient (Wildman–Crippen LogP) is 3.02. The third kappa shape index (κ3) is 2.82. The van der Waals surface area contributed by atoms with Crippen LogP contribution < -0.4 is 10.9 Å². The van der Waals surface area contributed by atoms with Crippen LogP contribution in [0, 0.1) is 13.8 Å². The zero-order valence-corrected chi connectivity index (χ0v) is 13.1. The summed E-state index contributed by atoms with van der Waals surface area (Å²) < 4.78 is 2.34. The van der Waals surface area contributed by atoms with Crippen LogP contribution in [-0.2, 0) is 7.05 Å². The van der Waals surface area contributed by atoms with Gasteiger partial charge in [0.1, 0.15) is 5.56 Å². The van der Waals surface area contributed by atoms with Crippen molar-refractivity contribution < 1.29 is 4.79 Å². The summed E-state index contributed by atoms with van der Waals surface area (Å²) in [5.41, 5.74) is 2.05. The second kappa shape index (κ2) is 5.63. The Balaban J connectivity index is 2.40. The Kier molecular flexibility index (Phi) is 4.09. The van der Waals surface area contributed by atoms with Crippen LogP contribution in [0.1, 0.15) is 21.6 Å². The lowest BCUT2D eigenvalue weighted by Crippen LogP contribution is -2.30. The first-order valence-electron chi connectivity index (χ1n) is 6.14. The first-order valence-corrected chi connectivity index (χ1v) is 6.93. The number of aromatic nitrogens is 1. The number of amides is 1. The molecule has 0 spiro atoms. The Bertz CT molecular complexity index is 735. The zero-order chi connectivity index (χ0) is 14.9. The Labute approximate surface area is 125 Å². The number of nitrogens with zero attached hydrogens (tertiary/aromatic N) is 1. The van der Waals surface area contributed by atoms with Crippen LogP contribution in [0.3, 0.4) is 0 Å². The molecule has 0 fully saturated rings. The summed E-state index contributed by atoms with van der Waals surface area (Å²) in [4.78, 5) is 24.5. The molecule has 1 heterocycles. The first kappa shape index (κ1) is 14.5. The topological polar surface area (TPSA) is 51.1 Å². The van der Waals surface area contributed by atoms with Gasteiger partial charge in [-0.2, -0.15) is 0 Å². The molecule has 0 radical (unpaired) electrons. The van der Waals surface area contributed by atoms with Crippen molar-refractivity contribution in [1.29, 1.82) is 0 Å². The van der Waals surface area contributed by atoms with Crippen LogP contribution in [0.4, 0.5) is 5.69 Å². The van der Waals surface area contributed by atoms with Gasteiger partial charge in [0.05, 0.1) is 0 Å². The molecule has 0 aliphatic rings. The zero-order valence-electron chi connectivity index (χ0n) is 11.5. The van der Waals surface area contributed by atoms with Gasteiger partial charge in [0.15, 0.2) is 0 Å². The molecule has 104 valence electrons. The lowest BCUT2D eigenvalue weighted by atomic mass is 10.1. The van der Waals surface area contributed by atoms with Crippen LogP contribution in [0.5, 0.6) is 0 Å². The van der Waals surface area contributed by atoms with Gasteiger partial charge in [-0.25, -0.2) is 0 Å². The van der Waals surface area contributed by atoms with Crippen molar-refractivity contribution in [2.45, 2.75) is 13.8 Å². The standard InChI is InChI=1S/C15H15BrN2O2/c1-9-7-10(2)18(3)15(20)13(9)14(19)17-12-6-4-5-11(16)8-12/h4-8H,1-3H3,(H,17,19). The van der Waals surface area contributed by atoms with Crippen molar-refractivity contribution in [3.05, 3.63) is 62.0 Å². The van der Waals surface area contributed by atoms with Gasteiger partial charge < -0.3 is 9.88 Å². The van der Waals surface area contributed by atoms with E-state index in [1.165, 1.54) is 4.57 Å². The van der Waals surface area contributed by atoms with Crippen LogP contribution in [0.2, 0.25) is 0 Å². The molecule has 0 saturated heterocycles. The molecular weight excluding hydrogens is 320 g/mol. The molecular formula is C15H15BrN2O2. The van der Waals surface area contributed by atoms with E-state index >= 15 is 0 Å². The highest BCUT2D eigenvalue weighted by Gasteiger charge is 2.16. The number of hydrogen-bond acceptors (Lipinski definition) is 2. The number of pyridine rings is 1. The van der Waals surface area contributed by atoms with Crippen molar-refractivity contribution in [3.8, 4) is 0 Å². The molecule has 4 nitrogen and oxygen atoms in total. The van der Waals surface area contributed by atoms with Crippen LogP contribution >= 0.6 is 15.9 Å². The number of hydrogen-bond donors (Lipinski definition) is 1. The van der Waals surface area contributed by atoms with Gasteiger partial charge in [-0.15, -0.1) is 0 Å². The third-order valence-electron chi connectivity index (χ3n) is 3.18. The largest absolute Gasteiger partial charge is 0.322 e. The molecule has 1 N–H and O–H groups in total. The highest BCUT2D eigenvalue weighted by molar-refractivity contribution is 9.10. The van der Waals surface area contributed by atoms with Crippen molar-refractivity contribution in [2.24, 2.45) is 7.05 Å². The normalized spacial score (nSPS) is 10.4. The van der Waals surface area contributed by atoms with Crippen molar-refractivity contribution >= 4 is 27.5 Å². The molecule has 2 rings (SSSR count). The van der Waals surface area contributed by atoms with E-state index in [9.17, 15) is 9.59 Å². The summed E-state index contributed by atoms with van der Waals surface area (Å²) in [7, 11) is 1.66. The van der Waals surface area contributed by atoms with E-state index in [4.69, 9.17) is 0 Å². The van der Waals surface area contributed by atoms with Crippen molar-refractivity contribution in [3.63, 3.8) is 0 Å². The average molecular weight is 335 g/mol. The fourth-order valence-corrected chi connectivity index (χ4v) is 2.41. The number of rotatable bonds is 2. The summed E-state index contributed by atoms with van der Waals surface area (Å²) in [6.07, 6.45) is 0. The number of aryl methyl sites for hydroxylation is 2. The molecule has 0 atom stereocenters. The molecule has 1 amide bonds. The van der Waals surface area contributed by atoms with E-state index in [1.807, 2.05) is 25.1 Å². The minimum Gasteiger partial charge on any atom is -0.322 e. The summed E-state index contributed by atoms with van der Waals surface area (Å²) in [6, 6.07) is 9.07. The van der Waals surface area contributed by atoms with Crippen LogP contribution in [-0.4, -0.2) is 10.5 Å². The van der Waals surface area contributed by atoms with Crippen molar-refractivity contribution in [1.82, 2.24) is 4.57 Å². The highest BCUT2D eigenvalue weighted by Crippen LogP contribution is 2.16. The number of nitrogens with one attached hydrogen (secondary N) is 1. The number of halogens is 1. The van der Waals surface area contributed by atoms with Crippen LogP contribution in [0.15, 0.2) is 39.6 Å². The van der Waals surface area contributed by atoms with E-state index in [0.717, 1.165) is 10.2 Å². The quantitative estimate of drug-likeness (QED) is 0.917. The Hall–Kier alpha value is -1.88. The molecule has 1 aromatic carbocycles. The lowest BCUT2D eigenvalue weighted by molar-refractivity contribution is 0.102. The average Bonchev–Trinajstić information content (AvgIpc) is 2.36. The maximum atomic E-state index is 12.3. The molecule has 0 saturated carbocycles. The minimum absolute atomic E-state index is 0.179. The maximum Gasteiger partial charge on any atom is 0.263 e. The van der Waals surface area contributed by atoms with E-state index in [2.05, 4.69) is 21.2 Å². The number of benzene rings is 1. The van der Waals surface area contributed by atoms with Crippen LogP contribution in [0.25, 0.3) is 0 Å². The van der Waals surface area contributed by atoms with Gasteiger partial charge in [-0.1, -0.05) is 22.0 Å². The number of carbonyl (C=O) groups excluding carboxylic acids is 1. The Morgan fingerprint density at radius 3 is 2.60 bits per heavy atom. The van der Waals surface area contributed by atoms with Gasteiger partial charge in [0.2, 0.25) is 0 Å². The molecule has 0 unspecified atom stereocenters. The second-order valence-corrected chi connectivity index (χ2v) is 5.59. The SMILES string of the molecule is Cc1cc(C)n(C)c(=O)c1C(=O)Nc1cccc(Br)c1. The van der Waals surface area contributed by atoms with E-state index < -0.39 is 0 Å². The molecule has 0 aliphatic heterocycles. The molecule has 1 aromatic heterocycles. The highest BCUT2D eigenvalue weighted by atomic mass is 79.9. The van der Waals surface area contributed by atoms with Gasteiger partial charge in [-0.05, 0) is 43.7 Å². The van der Waals surface area contributed by atoms with Crippen molar-refractivity contribution in [2.75, 3.05) is 5.32 Å². The van der Waals surface area contributed by atoms with Gasteiger partial charge in [0.25, 0.3) is 11.5 Å².